The number of sulfonamides is 1. The molecule has 31 heavy (non-hydrogen) atoms. The first-order valence-corrected chi connectivity index (χ1v) is 11.4. The summed E-state index contributed by atoms with van der Waals surface area (Å²) in [7, 11) is -3.81. The summed E-state index contributed by atoms with van der Waals surface area (Å²) < 4.78 is 37.9. The van der Waals surface area contributed by atoms with Crippen LogP contribution in [0, 0.1) is 0 Å². The van der Waals surface area contributed by atoms with Crippen LogP contribution in [-0.2, 0) is 16.6 Å². The van der Waals surface area contributed by atoms with Crippen molar-refractivity contribution in [3.05, 3.63) is 76.0 Å². The van der Waals surface area contributed by atoms with Crippen LogP contribution in [0.25, 0.3) is 0 Å². The van der Waals surface area contributed by atoms with Crippen molar-refractivity contribution in [2.75, 3.05) is 6.79 Å². The average Bonchev–Trinajstić information content (AvgIpc) is 3.47. The number of hydrogen-bond donors (Lipinski definition) is 3. The highest BCUT2D eigenvalue weighted by Crippen LogP contribution is 2.32. The molecule has 0 unspecified atom stereocenters. The Morgan fingerprint density at radius 2 is 1.65 bits per heavy atom. The molecular weight excluding hydrogens is 442 g/mol. The molecule has 3 N–H and O–H groups in total. The Hall–Kier alpha value is -3.41. The Kier molecular flexibility index (Phi) is 5.89. The number of amides is 2. The maximum Gasteiger partial charge on any atom is 0.269 e. The van der Waals surface area contributed by atoms with Gasteiger partial charge in [0.2, 0.25) is 16.8 Å². The average molecular weight is 460 g/mol. The second kappa shape index (κ2) is 8.76. The maximum absolute atomic E-state index is 12.5. The van der Waals surface area contributed by atoms with E-state index < -0.39 is 21.8 Å². The number of benzene rings is 2. The quantitative estimate of drug-likeness (QED) is 0.485. The molecule has 0 atom stereocenters. The van der Waals surface area contributed by atoms with Crippen LogP contribution >= 0.6 is 11.3 Å². The summed E-state index contributed by atoms with van der Waals surface area (Å²) >= 11 is 1.43. The fraction of sp³-hybridized carbons (Fsp3) is 0.100. The van der Waals surface area contributed by atoms with Gasteiger partial charge in [-0.1, -0.05) is 12.1 Å². The number of carbonyl (C=O) groups excluding carboxylic acids is 2. The molecule has 2 amide bonds. The fourth-order valence-corrected chi connectivity index (χ4v) is 4.55. The summed E-state index contributed by atoms with van der Waals surface area (Å²) in [6, 6.07) is 13.8. The second-order valence-electron chi connectivity index (χ2n) is 6.41. The number of carbonyl (C=O) groups is 2. The highest BCUT2D eigenvalue weighted by molar-refractivity contribution is 7.89. The number of hydrogen-bond acceptors (Lipinski definition) is 7. The largest absolute Gasteiger partial charge is 0.454 e. The monoisotopic (exact) mass is 459 g/mol. The van der Waals surface area contributed by atoms with Gasteiger partial charge in [0.1, 0.15) is 0 Å². The smallest absolute Gasteiger partial charge is 0.269 e. The highest BCUT2D eigenvalue weighted by atomic mass is 32.2. The molecule has 0 saturated heterocycles. The molecule has 4 rings (SSSR count). The summed E-state index contributed by atoms with van der Waals surface area (Å²) in [5, 5.41) is 1.85. The van der Waals surface area contributed by atoms with Gasteiger partial charge in [-0.3, -0.25) is 20.4 Å². The Morgan fingerprint density at radius 1 is 0.903 bits per heavy atom. The molecular formula is C20H17N3O6S2. The Morgan fingerprint density at radius 3 is 2.39 bits per heavy atom. The van der Waals surface area contributed by atoms with Crippen LogP contribution in [0.2, 0.25) is 0 Å². The molecule has 2 heterocycles. The van der Waals surface area contributed by atoms with Crippen molar-refractivity contribution < 1.29 is 27.5 Å². The van der Waals surface area contributed by atoms with E-state index in [4.69, 9.17) is 9.47 Å². The molecule has 1 aliphatic rings. The van der Waals surface area contributed by atoms with Gasteiger partial charge in [0.15, 0.2) is 11.5 Å². The van der Waals surface area contributed by atoms with Crippen molar-refractivity contribution in [2.45, 2.75) is 11.4 Å². The zero-order valence-corrected chi connectivity index (χ0v) is 17.6. The molecule has 0 radical (unpaired) electrons. The van der Waals surface area contributed by atoms with Crippen molar-refractivity contribution in [1.82, 2.24) is 15.6 Å². The third-order valence-corrected chi connectivity index (χ3v) is 6.62. The normalized spacial score (nSPS) is 12.4. The van der Waals surface area contributed by atoms with Gasteiger partial charge in [-0.15, -0.1) is 11.3 Å². The number of thiophene rings is 1. The van der Waals surface area contributed by atoms with Crippen LogP contribution in [0.4, 0.5) is 0 Å². The number of rotatable bonds is 6. The Labute approximate surface area is 182 Å². The SMILES string of the molecule is O=C(NNC(=O)c1ccc2c(c1)OCO2)c1cccc(S(=O)(=O)NCc2cccs2)c1. The van der Waals surface area contributed by atoms with Gasteiger partial charge in [0.05, 0.1) is 4.90 Å². The predicted octanol–water partition coefficient (Wildman–Crippen LogP) is 2.03. The summed E-state index contributed by atoms with van der Waals surface area (Å²) in [5.41, 5.74) is 4.90. The minimum atomic E-state index is -3.81. The lowest BCUT2D eigenvalue weighted by molar-refractivity contribution is 0.0846. The van der Waals surface area contributed by atoms with E-state index in [1.807, 2.05) is 17.5 Å². The van der Waals surface area contributed by atoms with Crippen LogP contribution in [0.5, 0.6) is 11.5 Å². The standard InChI is InChI=1S/C20H17N3O6S2/c24-19(22-23-20(25)14-6-7-17-18(10-14)29-12-28-17)13-3-1-5-16(9-13)31(26,27)21-11-15-4-2-8-30-15/h1-10,21H,11-12H2,(H,22,24)(H,23,25). The number of fused-ring (bicyclic) bond motifs is 1. The van der Waals surface area contributed by atoms with E-state index in [9.17, 15) is 18.0 Å². The topological polar surface area (TPSA) is 123 Å². The molecule has 2 aromatic carbocycles. The van der Waals surface area contributed by atoms with Gasteiger partial charge in [-0.05, 0) is 47.8 Å². The highest BCUT2D eigenvalue weighted by Gasteiger charge is 2.18. The van der Waals surface area contributed by atoms with Crippen molar-refractivity contribution in [2.24, 2.45) is 0 Å². The third-order valence-electron chi connectivity index (χ3n) is 4.35. The van der Waals surface area contributed by atoms with E-state index in [-0.39, 0.29) is 29.4 Å². The molecule has 160 valence electrons. The number of hydrazine groups is 1. The van der Waals surface area contributed by atoms with E-state index in [0.29, 0.717) is 11.5 Å². The van der Waals surface area contributed by atoms with Crippen LogP contribution < -0.4 is 25.0 Å². The molecule has 11 heteroatoms. The van der Waals surface area contributed by atoms with E-state index in [1.165, 1.54) is 47.7 Å². The fourth-order valence-electron chi connectivity index (χ4n) is 2.76. The van der Waals surface area contributed by atoms with Crippen LogP contribution in [0.15, 0.2) is 64.9 Å². The zero-order valence-electron chi connectivity index (χ0n) is 16.0. The molecule has 0 fully saturated rings. The van der Waals surface area contributed by atoms with Gasteiger partial charge in [-0.2, -0.15) is 0 Å². The molecule has 0 spiro atoms. The molecule has 3 aromatic rings. The van der Waals surface area contributed by atoms with Gasteiger partial charge in [0, 0.05) is 22.5 Å². The molecule has 0 saturated carbocycles. The molecule has 1 aromatic heterocycles. The molecule has 1 aliphatic heterocycles. The maximum atomic E-state index is 12.5. The second-order valence-corrected chi connectivity index (χ2v) is 9.21. The van der Waals surface area contributed by atoms with E-state index in [0.717, 1.165) is 4.88 Å². The summed E-state index contributed by atoms with van der Waals surface area (Å²) in [6.45, 7) is 0.237. The lowest BCUT2D eigenvalue weighted by Gasteiger charge is -2.10. The number of nitrogens with one attached hydrogen (secondary N) is 3. The van der Waals surface area contributed by atoms with Gasteiger partial charge >= 0.3 is 0 Å². The van der Waals surface area contributed by atoms with Crippen molar-refractivity contribution in [3.8, 4) is 11.5 Å². The van der Waals surface area contributed by atoms with Crippen LogP contribution in [-0.4, -0.2) is 27.0 Å². The number of ether oxygens (including phenoxy) is 2. The van der Waals surface area contributed by atoms with Gasteiger partial charge in [-0.25, -0.2) is 13.1 Å². The van der Waals surface area contributed by atoms with Crippen molar-refractivity contribution >= 4 is 33.2 Å². The van der Waals surface area contributed by atoms with E-state index >= 15 is 0 Å². The molecule has 9 nitrogen and oxygen atoms in total. The first-order chi connectivity index (χ1) is 14.9. The Bertz CT molecular complexity index is 1230. The van der Waals surface area contributed by atoms with Gasteiger partial charge in [0.25, 0.3) is 11.8 Å². The molecule has 0 aliphatic carbocycles. The zero-order chi connectivity index (χ0) is 21.8. The van der Waals surface area contributed by atoms with Crippen LogP contribution in [0.3, 0.4) is 0 Å². The minimum absolute atomic E-state index is 0.0567. The van der Waals surface area contributed by atoms with Gasteiger partial charge < -0.3 is 9.47 Å². The summed E-state index contributed by atoms with van der Waals surface area (Å²) in [4.78, 5) is 25.5. The third kappa shape index (κ3) is 4.85. The predicted molar refractivity (Wildman–Crippen MR) is 112 cm³/mol. The summed E-state index contributed by atoms with van der Waals surface area (Å²) in [5.74, 6) is -0.254. The van der Waals surface area contributed by atoms with Crippen molar-refractivity contribution in [3.63, 3.8) is 0 Å². The Balaban J connectivity index is 1.39. The molecule has 0 bridgehead atoms. The lowest BCUT2D eigenvalue weighted by atomic mass is 10.2. The minimum Gasteiger partial charge on any atom is -0.454 e. The first kappa shape index (κ1) is 20.8. The van der Waals surface area contributed by atoms with Crippen LogP contribution in [0.1, 0.15) is 25.6 Å². The van der Waals surface area contributed by atoms with E-state index in [1.54, 1.807) is 6.07 Å². The summed E-state index contributed by atoms with van der Waals surface area (Å²) in [6.07, 6.45) is 0. The van der Waals surface area contributed by atoms with E-state index in [2.05, 4.69) is 15.6 Å². The van der Waals surface area contributed by atoms with Crippen molar-refractivity contribution in [1.29, 1.82) is 0 Å². The lowest BCUT2D eigenvalue weighted by Crippen LogP contribution is -2.41. The first-order valence-electron chi connectivity index (χ1n) is 9.05.